The van der Waals surface area contributed by atoms with E-state index in [0.29, 0.717) is 12.6 Å². The zero-order valence-corrected chi connectivity index (χ0v) is 8.05. The summed E-state index contributed by atoms with van der Waals surface area (Å²) in [6.07, 6.45) is 2.56. The van der Waals surface area contributed by atoms with E-state index in [1.54, 1.807) is 6.20 Å². The Kier molecular flexibility index (Phi) is 2.77. The fourth-order valence-corrected chi connectivity index (χ4v) is 1.15. The van der Waals surface area contributed by atoms with Gasteiger partial charge in [-0.25, -0.2) is 0 Å². The van der Waals surface area contributed by atoms with Crippen LogP contribution in [-0.4, -0.2) is 21.7 Å². The topological polar surface area (TPSA) is 89.9 Å². The third-order valence-corrected chi connectivity index (χ3v) is 1.82. The molecule has 0 fully saturated rings. The molecule has 0 unspecified atom stereocenters. The molecule has 3 N–H and O–H groups in total. The van der Waals surface area contributed by atoms with Crippen molar-refractivity contribution < 1.29 is 4.42 Å². The highest BCUT2D eigenvalue weighted by atomic mass is 16.4. The monoisotopic (exact) mass is 205 g/mol. The van der Waals surface area contributed by atoms with E-state index < -0.39 is 0 Å². The summed E-state index contributed by atoms with van der Waals surface area (Å²) in [6, 6.07) is 6.20. The fourth-order valence-electron chi connectivity index (χ4n) is 1.15. The van der Waals surface area contributed by atoms with Gasteiger partial charge < -0.3 is 15.5 Å². The highest BCUT2D eigenvalue weighted by Crippen LogP contribution is 2.05. The van der Waals surface area contributed by atoms with Gasteiger partial charge in [0.1, 0.15) is 0 Å². The normalized spacial score (nSPS) is 10.1. The van der Waals surface area contributed by atoms with Gasteiger partial charge in [0, 0.05) is 24.9 Å². The Morgan fingerprint density at radius 1 is 1.33 bits per heavy atom. The van der Waals surface area contributed by atoms with E-state index in [4.69, 9.17) is 10.2 Å². The quantitative estimate of drug-likeness (QED) is 0.763. The number of nitrogens with two attached hydrogens (primary N) is 1. The van der Waals surface area contributed by atoms with Crippen molar-refractivity contribution >= 4 is 12.0 Å². The second-order valence-electron chi connectivity index (χ2n) is 2.94. The van der Waals surface area contributed by atoms with Crippen LogP contribution in [0.2, 0.25) is 0 Å². The molecule has 0 saturated heterocycles. The molecule has 15 heavy (non-hydrogen) atoms. The van der Waals surface area contributed by atoms with Crippen LogP contribution >= 0.6 is 0 Å². The Balaban J connectivity index is 1.80. The van der Waals surface area contributed by atoms with Gasteiger partial charge in [0.2, 0.25) is 0 Å². The molecular weight excluding hydrogens is 194 g/mol. The first-order chi connectivity index (χ1) is 7.34. The van der Waals surface area contributed by atoms with Crippen molar-refractivity contribution in [3.05, 3.63) is 30.1 Å². The maximum absolute atomic E-state index is 5.27. The van der Waals surface area contributed by atoms with E-state index in [9.17, 15) is 0 Å². The molecule has 2 aromatic rings. The minimum absolute atomic E-state index is 0.0651. The van der Waals surface area contributed by atoms with Crippen LogP contribution in [0.25, 0.3) is 0 Å². The number of nitrogens with one attached hydrogen (secondary N) is 1. The number of hydrogen-bond donors (Lipinski definition) is 2. The van der Waals surface area contributed by atoms with Crippen molar-refractivity contribution in [2.75, 3.05) is 17.6 Å². The van der Waals surface area contributed by atoms with Gasteiger partial charge in [-0.05, 0) is 12.1 Å². The SMILES string of the molecule is Nc1nnc(NCCc2ccccn2)o1. The van der Waals surface area contributed by atoms with E-state index >= 15 is 0 Å². The van der Waals surface area contributed by atoms with Crippen LogP contribution in [0.1, 0.15) is 5.69 Å². The molecule has 0 bridgehead atoms. The molecular formula is C9H11N5O. The standard InChI is InChI=1S/C9H11N5O/c10-8-13-14-9(15-8)12-6-4-7-3-1-2-5-11-7/h1-3,5H,4,6H2,(H2,10,13)(H,12,14). The van der Waals surface area contributed by atoms with Crippen LogP contribution in [-0.2, 0) is 6.42 Å². The Morgan fingerprint density at radius 2 is 2.27 bits per heavy atom. The Hall–Kier alpha value is -2.11. The highest BCUT2D eigenvalue weighted by Gasteiger charge is 2.00. The number of nitrogens with zero attached hydrogens (tertiary/aromatic N) is 3. The van der Waals surface area contributed by atoms with Gasteiger partial charge in [0.15, 0.2) is 0 Å². The lowest BCUT2D eigenvalue weighted by Crippen LogP contribution is -2.05. The van der Waals surface area contributed by atoms with Gasteiger partial charge in [-0.3, -0.25) is 4.98 Å². The number of pyridine rings is 1. The summed E-state index contributed by atoms with van der Waals surface area (Å²) in [5.41, 5.74) is 6.28. The first-order valence-corrected chi connectivity index (χ1v) is 4.57. The van der Waals surface area contributed by atoms with Gasteiger partial charge in [0.05, 0.1) is 0 Å². The number of nitrogen functional groups attached to an aromatic ring is 1. The molecule has 0 aliphatic heterocycles. The molecule has 2 rings (SSSR count). The van der Waals surface area contributed by atoms with Crippen LogP contribution in [0, 0.1) is 0 Å². The summed E-state index contributed by atoms with van der Waals surface area (Å²) in [5.74, 6) is 0. The highest BCUT2D eigenvalue weighted by molar-refractivity contribution is 5.22. The van der Waals surface area contributed by atoms with E-state index in [-0.39, 0.29) is 6.01 Å². The second kappa shape index (κ2) is 4.41. The van der Waals surface area contributed by atoms with Crippen molar-refractivity contribution in [1.82, 2.24) is 15.2 Å². The maximum Gasteiger partial charge on any atom is 0.316 e. The molecule has 78 valence electrons. The number of anilines is 2. The third kappa shape index (κ3) is 2.67. The van der Waals surface area contributed by atoms with E-state index in [1.807, 2.05) is 18.2 Å². The molecule has 2 aromatic heterocycles. The third-order valence-electron chi connectivity index (χ3n) is 1.82. The number of aromatic nitrogens is 3. The zero-order chi connectivity index (χ0) is 10.5. The lowest BCUT2D eigenvalue weighted by atomic mass is 10.3. The van der Waals surface area contributed by atoms with Gasteiger partial charge in [0.25, 0.3) is 0 Å². The molecule has 0 aliphatic carbocycles. The van der Waals surface area contributed by atoms with Crippen LogP contribution in [0.3, 0.4) is 0 Å². The molecule has 0 spiro atoms. The minimum Gasteiger partial charge on any atom is -0.390 e. The first-order valence-electron chi connectivity index (χ1n) is 4.57. The minimum atomic E-state index is 0.0651. The molecule has 6 nitrogen and oxygen atoms in total. The molecule has 0 amide bonds. The summed E-state index contributed by atoms with van der Waals surface area (Å²) in [7, 11) is 0. The summed E-state index contributed by atoms with van der Waals surface area (Å²) < 4.78 is 4.95. The second-order valence-corrected chi connectivity index (χ2v) is 2.94. The smallest absolute Gasteiger partial charge is 0.316 e. The maximum atomic E-state index is 5.27. The first kappa shape index (κ1) is 9.45. The summed E-state index contributed by atoms with van der Waals surface area (Å²) >= 11 is 0. The van der Waals surface area contributed by atoms with Crippen molar-refractivity contribution in [3.63, 3.8) is 0 Å². The van der Waals surface area contributed by atoms with Crippen molar-refractivity contribution in [3.8, 4) is 0 Å². The predicted octanol–water partition coefficient (Wildman–Crippen LogP) is 0.701. The molecule has 0 atom stereocenters. The number of rotatable bonds is 4. The van der Waals surface area contributed by atoms with Gasteiger partial charge >= 0.3 is 12.0 Å². The van der Waals surface area contributed by atoms with E-state index in [1.165, 1.54) is 0 Å². The zero-order valence-electron chi connectivity index (χ0n) is 8.05. The van der Waals surface area contributed by atoms with Crippen LogP contribution < -0.4 is 11.1 Å². The van der Waals surface area contributed by atoms with Gasteiger partial charge in [-0.2, -0.15) is 0 Å². The predicted molar refractivity (Wildman–Crippen MR) is 55.1 cm³/mol. The Bertz CT molecular complexity index is 413. The van der Waals surface area contributed by atoms with Crippen LogP contribution in [0.4, 0.5) is 12.0 Å². The molecule has 0 aliphatic rings. The largest absolute Gasteiger partial charge is 0.390 e. The number of hydrogen-bond acceptors (Lipinski definition) is 6. The van der Waals surface area contributed by atoms with Crippen molar-refractivity contribution in [1.29, 1.82) is 0 Å². The fraction of sp³-hybridized carbons (Fsp3) is 0.222. The molecule has 0 aromatic carbocycles. The molecule has 0 saturated carbocycles. The lowest BCUT2D eigenvalue weighted by Gasteiger charge is -2.00. The molecule has 0 radical (unpaired) electrons. The molecule has 2 heterocycles. The average molecular weight is 205 g/mol. The van der Waals surface area contributed by atoms with E-state index in [2.05, 4.69) is 20.5 Å². The lowest BCUT2D eigenvalue weighted by molar-refractivity contribution is 0.586. The summed E-state index contributed by atoms with van der Waals surface area (Å²) in [6.45, 7) is 0.679. The van der Waals surface area contributed by atoms with Crippen LogP contribution in [0.15, 0.2) is 28.8 Å². The Labute approximate surface area is 86.5 Å². The van der Waals surface area contributed by atoms with Crippen LogP contribution in [0.5, 0.6) is 0 Å². The summed E-state index contributed by atoms with van der Waals surface area (Å²) in [5, 5.41) is 10.2. The Morgan fingerprint density at radius 3 is 2.93 bits per heavy atom. The van der Waals surface area contributed by atoms with Crippen molar-refractivity contribution in [2.45, 2.75) is 6.42 Å². The van der Waals surface area contributed by atoms with Gasteiger partial charge in [-0.15, -0.1) is 0 Å². The molecule has 6 heteroatoms. The summed E-state index contributed by atoms with van der Waals surface area (Å²) in [4.78, 5) is 4.18. The van der Waals surface area contributed by atoms with E-state index in [0.717, 1.165) is 12.1 Å². The van der Waals surface area contributed by atoms with Gasteiger partial charge in [-0.1, -0.05) is 16.3 Å². The van der Waals surface area contributed by atoms with Crippen molar-refractivity contribution in [2.24, 2.45) is 0 Å². The average Bonchev–Trinajstić information content (AvgIpc) is 2.66.